The molecule has 24 heavy (non-hydrogen) atoms. The molecule has 2 N–H and O–H groups in total. The van der Waals surface area contributed by atoms with E-state index in [0.29, 0.717) is 11.4 Å². The molecule has 0 fully saturated rings. The molecule has 0 aliphatic heterocycles. The number of rotatable bonds is 8. The Balaban J connectivity index is 1.76. The third kappa shape index (κ3) is 6.22. The number of anilines is 1. The summed E-state index contributed by atoms with van der Waals surface area (Å²) in [6.07, 6.45) is 0.901. The number of hydrogen-bond acceptors (Lipinski definition) is 3. The lowest BCUT2D eigenvalue weighted by Gasteiger charge is -2.15. The third-order valence-corrected chi connectivity index (χ3v) is 3.57. The number of ether oxygens (including phenoxy) is 1. The molecule has 0 heterocycles. The number of hydrogen-bond donors (Lipinski definition) is 2. The van der Waals surface area contributed by atoms with Crippen LogP contribution in [0.15, 0.2) is 48.5 Å². The molecule has 0 aliphatic carbocycles. The predicted molar refractivity (Wildman–Crippen MR) is 98.9 cm³/mol. The SMILES string of the molecule is CC(C)Oc1ccccc1NC(=O)CNCCc1ccc(Cl)cc1. The van der Waals surface area contributed by atoms with Crippen molar-refractivity contribution >= 4 is 23.2 Å². The highest BCUT2D eigenvalue weighted by atomic mass is 35.5. The Kier molecular flexibility index (Phi) is 7.09. The lowest BCUT2D eigenvalue weighted by molar-refractivity contribution is -0.115. The number of halogens is 1. The van der Waals surface area contributed by atoms with Crippen LogP contribution in [-0.2, 0) is 11.2 Å². The molecule has 0 radical (unpaired) electrons. The van der Waals surface area contributed by atoms with E-state index < -0.39 is 0 Å². The quantitative estimate of drug-likeness (QED) is 0.713. The maximum Gasteiger partial charge on any atom is 0.238 e. The number of para-hydroxylation sites is 2. The Labute approximate surface area is 148 Å². The standard InChI is InChI=1S/C19H23ClN2O2/c1-14(2)24-18-6-4-3-5-17(18)22-19(23)13-21-12-11-15-7-9-16(20)10-8-15/h3-10,14,21H,11-13H2,1-2H3,(H,22,23). The Hall–Kier alpha value is -2.04. The summed E-state index contributed by atoms with van der Waals surface area (Å²) < 4.78 is 5.69. The van der Waals surface area contributed by atoms with E-state index in [1.807, 2.05) is 62.4 Å². The van der Waals surface area contributed by atoms with Crippen LogP contribution in [0.3, 0.4) is 0 Å². The summed E-state index contributed by atoms with van der Waals surface area (Å²) in [5, 5.41) is 6.75. The van der Waals surface area contributed by atoms with Gasteiger partial charge in [-0.15, -0.1) is 0 Å². The largest absolute Gasteiger partial charge is 0.489 e. The molecule has 0 saturated carbocycles. The average Bonchev–Trinajstić information content (AvgIpc) is 2.55. The molecule has 0 bridgehead atoms. The number of carbonyl (C=O) groups is 1. The van der Waals surface area contributed by atoms with Crippen molar-refractivity contribution in [2.24, 2.45) is 0 Å². The van der Waals surface area contributed by atoms with Gasteiger partial charge >= 0.3 is 0 Å². The second-order valence-corrected chi connectivity index (χ2v) is 6.20. The van der Waals surface area contributed by atoms with E-state index in [-0.39, 0.29) is 18.6 Å². The highest BCUT2D eigenvalue weighted by molar-refractivity contribution is 6.30. The van der Waals surface area contributed by atoms with Gasteiger partial charge in [-0.25, -0.2) is 0 Å². The van der Waals surface area contributed by atoms with Crippen LogP contribution in [0.25, 0.3) is 0 Å². The highest BCUT2D eigenvalue weighted by Crippen LogP contribution is 2.24. The first-order chi connectivity index (χ1) is 11.5. The van der Waals surface area contributed by atoms with Gasteiger partial charge in [-0.2, -0.15) is 0 Å². The first-order valence-corrected chi connectivity index (χ1v) is 8.43. The van der Waals surface area contributed by atoms with Crippen molar-refractivity contribution in [2.75, 3.05) is 18.4 Å². The molecular formula is C19H23ClN2O2. The predicted octanol–water partition coefficient (Wildman–Crippen LogP) is 3.90. The number of amides is 1. The maximum atomic E-state index is 12.1. The van der Waals surface area contributed by atoms with E-state index in [1.54, 1.807) is 0 Å². The van der Waals surface area contributed by atoms with Crippen LogP contribution in [0.5, 0.6) is 5.75 Å². The topological polar surface area (TPSA) is 50.4 Å². The second kappa shape index (κ2) is 9.30. The molecule has 4 nitrogen and oxygen atoms in total. The zero-order valence-corrected chi connectivity index (χ0v) is 14.8. The van der Waals surface area contributed by atoms with Crippen molar-refractivity contribution in [1.29, 1.82) is 0 Å². The normalized spacial score (nSPS) is 10.7. The van der Waals surface area contributed by atoms with Gasteiger partial charge in [0, 0.05) is 5.02 Å². The van der Waals surface area contributed by atoms with Crippen LogP contribution >= 0.6 is 11.6 Å². The van der Waals surface area contributed by atoms with Crippen LogP contribution < -0.4 is 15.4 Å². The molecule has 0 saturated heterocycles. The van der Waals surface area contributed by atoms with E-state index in [1.165, 1.54) is 5.56 Å². The molecule has 2 aromatic rings. The summed E-state index contributed by atoms with van der Waals surface area (Å²) in [7, 11) is 0. The fraction of sp³-hybridized carbons (Fsp3) is 0.316. The van der Waals surface area contributed by atoms with Gasteiger partial charge in [-0.3, -0.25) is 4.79 Å². The van der Waals surface area contributed by atoms with E-state index in [0.717, 1.165) is 18.0 Å². The van der Waals surface area contributed by atoms with Crippen molar-refractivity contribution in [1.82, 2.24) is 5.32 Å². The lowest BCUT2D eigenvalue weighted by atomic mass is 10.1. The fourth-order valence-electron chi connectivity index (χ4n) is 2.21. The molecule has 5 heteroatoms. The number of carbonyl (C=O) groups excluding carboxylic acids is 1. The minimum Gasteiger partial charge on any atom is -0.489 e. The molecule has 0 atom stereocenters. The summed E-state index contributed by atoms with van der Waals surface area (Å²) in [5.41, 5.74) is 1.87. The molecule has 2 rings (SSSR count). The molecule has 0 spiro atoms. The Bertz CT molecular complexity index is 657. The van der Waals surface area contributed by atoms with Gasteiger partial charge in [0.25, 0.3) is 0 Å². The van der Waals surface area contributed by atoms with Crippen molar-refractivity contribution in [3.05, 3.63) is 59.1 Å². The summed E-state index contributed by atoms with van der Waals surface area (Å²) in [6, 6.07) is 15.2. The van der Waals surface area contributed by atoms with Crippen molar-refractivity contribution in [2.45, 2.75) is 26.4 Å². The second-order valence-electron chi connectivity index (χ2n) is 5.76. The van der Waals surface area contributed by atoms with Gasteiger partial charge in [0.15, 0.2) is 0 Å². The van der Waals surface area contributed by atoms with E-state index in [9.17, 15) is 4.79 Å². The molecule has 2 aromatic carbocycles. The molecule has 1 amide bonds. The summed E-state index contributed by atoms with van der Waals surface area (Å²) in [5.74, 6) is 0.591. The van der Waals surface area contributed by atoms with Crippen LogP contribution in [-0.4, -0.2) is 25.1 Å². The first kappa shape index (κ1) is 18.3. The van der Waals surface area contributed by atoms with Crippen molar-refractivity contribution < 1.29 is 9.53 Å². The number of nitrogens with one attached hydrogen (secondary N) is 2. The van der Waals surface area contributed by atoms with Gasteiger partial charge in [0.05, 0.1) is 18.3 Å². The van der Waals surface area contributed by atoms with Crippen LogP contribution in [0.2, 0.25) is 5.02 Å². The zero-order valence-electron chi connectivity index (χ0n) is 14.0. The summed E-state index contributed by atoms with van der Waals surface area (Å²) in [4.78, 5) is 12.1. The van der Waals surface area contributed by atoms with Crippen molar-refractivity contribution in [3.8, 4) is 5.75 Å². The smallest absolute Gasteiger partial charge is 0.238 e. The minimum atomic E-state index is -0.0917. The molecule has 0 unspecified atom stereocenters. The highest BCUT2D eigenvalue weighted by Gasteiger charge is 2.08. The lowest BCUT2D eigenvalue weighted by Crippen LogP contribution is -2.29. The third-order valence-electron chi connectivity index (χ3n) is 3.31. The van der Waals surface area contributed by atoms with Crippen LogP contribution in [0.1, 0.15) is 19.4 Å². The number of benzene rings is 2. The van der Waals surface area contributed by atoms with Gasteiger partial charge in [-0.1, -0.05) is 35.9 Å². The van der Waals surface area contributed by atoms with Crippen molar-refractivity contribution in [3.63, 3.8) is 0 Å². The molecular weight excluding hydrogens is 324 g/mol. The fourth-order valence-corrected chi connectivity index (χ4v) is 2.33. The molecule has 0 aliphatic rings. The summed E-state index contributed by atoms with van der Waals surface area (Å²) >= 11 is 5.86. The Morgan fingerprint density at radius 2 is 1.83 bits per heavy atom. The van der Waals surface area contributed by atoms with E-state index in [2.05, 4.69) is 10.6 Å². The van der Waals surface area contributed by atoms with Crippen LogP contribution in [0.4, 0.5) is 5.69 Å². The minimum absolute atomic E-state index is 0.0561. The molecule has 0 aromatic heterocycles. The molecule has 128 valence electrons. The van der Waals surface area contributed by atoms with Gasteiger partial charge in [0.2, 0.25) is 5.91 Å². The van der Waals surface area contributed by atoms with E-state index in [4.69, 9.17) is 16.3 Å². The average molecular weight is 347 g/mol. The Morgan fingerprint density at radius 3 is 2.54 bits per heavy atom. The maximum absolute atomic E-state index is 12.1. The zero-order chi connectivity index (χ0) is 17.4. The van der Waals surface area contributed by atoms with E-state index >= 15 is 0 Å². The van der Waals surface area contributed by atoms with Crippen LogP contribution in [0, 0.1) is 0 Å². The van der Waals surface area contributed by atoms with Gasteiger partial charge < -0.3 is 15.4 Å². The Morgan fingerprint density at radius 1 is 1.12 bits per heavy atom. The van der Waals surface area contributed by atoms with Gasteiger partial charge in [0.1, 0.15) is 5.75 Å². The first-order valence-electron chi connectivity index (χ1n) is 8.05. The van der Waals surface area contributed by atoms with Gasteiger partial charge in [-0.05, 0) is 56.6 Å². The monoisotopic (exact) mass is 346 g/mol. The summed E-state index contributed by atoms with van der Waals surface area (Å²) in [6.45, 7) is 4.89.